The summed E-state index contributed by atoms with van der Waals surface area (Å²) < 4.78 is 5.80. The lowest BCUT2D eigenvalue weighted by atomic mass is 10.1. The van der Waals surface area contributed by atoms with Gasteiger partial charge in [0.2, 0.25) is 5.13 Å². The summed E-state index contributed by atoms with van der Waals surface area (Å²) in [7, 11) is 0. The Morgan fingerprint density at radius 3 is 2.64 bits per heavy atom. The number of hydrogen-bond acceptors (Lipinski definition) is 5. The predicted molar refractivity (Wildman–Crippen MR) is 100.0 cm³/mol. The fourth-order valence-electron chi connectivity index (χ4n) is 2.26. The molecule has 1 atom stereocenters. The number of benzene rings is 2. The molecule has 3 aromatic rings. The highest BCUT2D eigenvalue weighted by Gasteiger charge is 2.18. The number of nitrogens with one attached hydrogen (secondary N) is 1. The van der Waals surface area contributed by atoms with Gasteiger partial charge in [-0.25, -0.2) is 0 Å². The third-order valence-electron chi connectivity index (χ3n) is 3.69. The largest absolute Gasteiger partial charge is 0.481 e. The molecule has 5 nitrogen and oxygen atoms in total. The predicted octanol–water partition coefficient (Wildman–Crippen LogP) is 4.23. The van der Waals surface area contributed by atoms with E-state index in [-0.39, 0.29) is 5.91 Å². The van der Waals surface area contributed by atoms with Crippen molar-refractivity contribution in [2.75, 3.05) is 5.32 Å². The van der Waals surface area contributed by atoms with Gasteiger partial charge in [-0.2, -0.15) is 0 Å². The first kappa shape index (κ1) is 17.1. The first-order valence-electron chi connectivity index (χ1n) is 7.96. The van der Waals surface area contributed by atoms with E-state index in [4.69, 9.17) is 4.74 Å². The maximum atomic E-state index is 12.4. The summed E-state index contributed by atoms with van der Waals surface area (Å²) in [4.78, 5) is 12.4. The first-order chi connectivity index (χ1) is 12.0. The zero-order valence-electron chi connectivity index (χ0n) is 14.3. The molecule has 3 rings (SSSR count). The molecule has 0 saturated heterocycles. The van der Waals surface area contributed by atoms with Gasteiger partial charge in [0.25, 0.3) is 5.91 Å². The molecule has 6 heteroatoms. The SMILES string of the molecule is Cc1ccc(C)c(O[C@H](C)C(=O)Nc2nnc(-c3ccccc3)s2)c1. The quantitative estimate of drug-likeness (QED) is 0.745. The van der Waals surface area contributed by atoms with E-state index in [1.807, 2.05) is 62.4 Å². The molecule has 1 N–H and O–H groups in total. The number of carbonyl (C=O) groups is 1. The summed E-state index contributed by atoms with van der Waals surface area (Å²) in [6.07, 6.45) is -0.635. The molecule has 128 valence electrons. The number of nitrogens with zero attached hydrogens (tertiary/aromatic N) is 2. The van der Waals surface area contributed by atoms with Crippen LogP contribution in [0.2, 0.25) is 0 Å². The Balaban J connectivity index is 1.66. The van der Waals surface area contributed by atoms with E-state index in [1.54, 1.807) is 6.92 Å². The lowest BCUT2D eigenvalue weighted by Gasteiger charge is -2.15. The third-order valence-corrected chi connectivity index (χ3v) is 4.58. The van der Waals surface area contributed by atoms with E-state index in [0.29, 0.717) is 10.9 Å². The maximum Gasteiger partial charge on any atom is 0.266 e. The molecular weight excluding hydrogens is 334 g/mol. The highest BCUT2D eigenvalue weighted by Crippen LogP contribution is 2.26. The van der Waals surface area contributed by atoms with Gasteiger partial charge in [-0.1, -0.05) is 53.8 Å². The van der Waals surface area contributed by atoms with E-state index in [9.17, 15) is 4.79 Å². The monoisotopic (exact) mass is 353 g/mol. The van der Waals surface area contributed by atoms with Gasteiger partial charge in [0.1, 0.15) is 10.8 Å². The van der Waals surface area contributed by atoms with E-state index >= 15 is 0 Å². The van der Waals surface area contributed by atoms with Gasteiger partial charge in [-0.3, -0.25) is 10.1 Å². The zero-order chi connectivity index (χ0) is 17.8. The normalized spacial score (nSPS) is 11.8. The number of anilines is 1. The number of aromatic nitrogens is 2. The van der Waals surface area contributed by atoms with Crippen LogP contribution in [0.5, 0.6) is 5.75 Å². The van der Waals surface area contributed by atoms with Crippen LogP contribution >= 0.6 is 11.3 Å². The van der Waals surface area contributed by atoms with E-state index in [2.05, 4.69) is 15.5 Å². The topological polar surface area (TPSA) is 64.1 Å². The lowest BCUT2D eigenvalue weighted by Crippen LogP contribution is -2.30. The van der Waals surface area contributed by atoms with Crippen LogP contribution in [0.1, 0.15) is 18.1 Å². The molecule has 0 aliphatic heterocycles. The Bertz CT molecular complexity index is 877. The third kappa shape index (κ3) is 4.22. The standard InChI is InChI=1S/C19H19N3O2S/c1-12-9-10-13(2)16(11-12)24-14(3)17(23)20-19-22-21-18(25-19)15-7-5-4-6-8-15/h4-11,14H,1-3H3,(H,20,22,23)/t14-/m1/s1. The van der Waals surface area contributed by atoms with Crippen LogP contribution in [0.15, 0.2) is 48.5 Å². The van der Waals surface area contributed by atoms with E-state index < -0.39 is 6.10 Å². The summed E-state index contributed by atoms with van der Waals surface area (Å²) in [5.41, 5.74) is 3.05. The Morgan fingerprint density at radius 2 is 1.88 bits per heavy atom. The van der Waals surface area contributed by atoms with Gasteiger partial charge in [-0.15, -0.1) is 10.2 Å². The fraction of sp³-hybridized carbons (Fsp3) is 0.211. The number of ether oxygens (including phenoxy) is 1. The summed E-state index contributed by atoms with van der Waals surface area (Å²) in [5, 5.41) is 12.1. The molecule has 0 aliphatic rings. The van der Waals surface area contributed by atoms with Gasteiger partial charge in [0.15, 0.2) is 6.10 Å². The average Bonchev–Trinajstić information content (AvgIpc) is 3.07. The second-order valence-electron chi connectivity index (χ2n) is 5.80. The van der Waals surface area contributed by atoms with Gasteiger partial charge < -0.3 is 4.74 Å². The summed E-state index contributed by atoms with van der Waals surface area (Å²) in [6, 6.07) is 15.7. The average molecular weight is 353 g/mol. The minimum Gasteiger partial charge on any atom is -0.481 e. The van der Waals surface area contributed by atoms with Crippen molar-refractivity contribution < 1.29 is 9.53 Å². The molecule has 1 aromatic heterocycles. The molecule has 0 bridgehead atoms. The van der Waals surface area contributed by atoms with E-state index in [1.165, 1.54) is 11.3 Å². The Hall–Kier alpha value is -2.73. The highest BCUT2D eigenvalue weighted by molar-refractivity contribution is 7.18. The van der Waals surface area contributed by atoms with E-state index in [0.717, 1.165) is 21.7 Å². The Kier molecular flexibility index (Phi) is 5.09. The van der Waals surface area contributed by atoms with Crippen LogP contribution in [0.25, 0.3) is 10.6 Å². The smallest absolute Gasteiger partial charge is 0.266 e. The number of aryl methyl sites for hydroxylation is 2. The van der Waals surface area contributed by atoms with Crippen molar-refractivity contribution in [1.82, 2.24) is 10.2 Å². The van der Waals surface area contributed by atoms with Crippen LogP contribution in [-0.4, -0.2) is 22.2 Å². The number of hydrogen-bond donors (Lipinski definition) is 1. The van der Waals surface area contributed by atoms with Crippen molar-refractivity contribution >= 4 is 22.4 Å². The summed E-state index contributed by atoms with van der Waals surface area (Å²) in [5.74, 6) is 0.460. The number of amides is 1. The molecule has 25 heavy (non-hydrogen) atoms. The van der Waals surface area contributed by atoms with Crippen LogP contribution in [0.4, 0.5) is 5.13 Å². The van der Waals surface area contributed by atoms with Gasteiger partial charge in [-0.05, 0) is 38.0 Å². The molecule has 0 fully saturated rings. The Labute approximate surface area is 150 Å². The minimum absolute atomic E-state index is 0.253. The maximum absolute atomic E-state index is 12.4. The van der Waals surface area contributed by atoms with Crippen molar-refractivity contribution in [3.05, 3.63) is 59.7 Å². The molecule has 0 saturated carbocycles. The lowest BCUT2D eigenvalue weighted by molar-refractivity contribution is -0.122. The molecule has 0 spiro atoms. The second kappa shape index (κ2) is 7.44. The fourth-order valence-corrected chi connectivity index (χ4v) is 3.01. The summed E-state index contributed by atoms with van der Waals surface area (Å²) in [6.45, 7) is 5.66. The number of rotatable bonds is 5. The molecule has 2 aromatic carbocycles. The zero-order valence-corrected chi connectivity index (χ0v) is 15.1. The van der Waals surface area contributed by atoms with Crippen LogP contribution < -0.4 is 10.1 Å². The molecule has 0 radical (unpaired) electrons. The van der Waals surface area contributed by atoms with Gasteiger partial charge in [0, 0.05) is 5.56 Å². The summed E-state index contributed by atoms with van der Waals surface area (Å²) >= 11 is 1.33. The number of carbonyl (C=O) groups excluding carboxylic acids is 1. The van der Waals surface area contributed by atoms with Crippen molar-refractivity contribution in [3.63, 3.8) is 0 Å². The van der Waals surface area contributed by atoms with Crippen LogP contribution in [0, 0.1) is 13.8 Å². The second-order valence-corrected chi connectivity index (χ2v) is 6.77. The molecule has 1 amide bonds. The molecule has 1 heterocycles. The molecular formula is C19H19N3O2S. The first-order valence-corrected chi connectivity index (χ1v) is 8.78. The molecule has 0 unspecified atom stereocenters. The molecule has 0 aliphatic carbocycles. The van der Waals surface area contributed by atoms with Crippen molar-refractivity contribution in [3.8, 4) is 16.3 Å². The van der Waals surface area contributed by atoms with Gasteiger partial charge in [0.05, 0.1) is 0 Å². The van der Waals surface area contributed by atoms with Gasteiger partial charge >= 0.3 is 0 Å². The van der Waals surface area contributed by atoms with Crippen molar-refractivity contribution in [2.45, 2.75) is 26.9 Å². The minimum atomic E-state index is -0.635. The Morgan fingerprint density at radius 1 is 1.12 bits per heavy atom. The van der Waals surface area contributed by atoms with Crippen LogP contribution in [0.3, 0.4) is 0 Å². The van der Waals surface area contributed by atoms with Crippen LogP contribution in [-0.2, 0) is 4.79 Å². The highest BCUT2D eigenvalue weighted by atomic mass is 32.1. The van der Waals surface area contributed by atoms with Crippen molar-refractivity contribution in [2.24, 2.45) is 0 Å². The van der Waals surface area contributed by atoms with Crippen molar-refractivity contribution in [1.29, 1.82) is 0 Å².